The maximum Gasteiger partial charge on any atom is 0.328 e. The Kier molecular flexibility index (Phi) is 13.2. The van der Waals surface area contributed by atoms with Crippen LogP contribution in [0.2, 0.25) is 25.7 Å². The van der Waals surface area contributed by atoms with Crippen molar-refractivity contribution in [1.82, 2.24) is 5.32 Å². The molecule has 3 N–H and O–H groups in total. The van der Waals surface area contributed by atoms with Crippen molar-refractivity contribution in [2.24, 2.45) is 0 Å². The third kappa shape index (κ3) is 26.7. The molecule has 19 heavy (non-hydrogen) atoms. The first-order valence-electron chi connectivity index (χ1n) is 6.05. The molecule has 0 spiro atoms. The summed E-state index contributed by atoms with van der Waals surface area (Å²) in [5.41, 5.74) is 0. The lowest BCUT2D eigenvalue weighted by atomic mass is 10.5. The topological polar surface area (TPSA) is 86.6 Å². The van der Waals surface area contributed by atoms with Crippen LogP contribution in [0.15, 0.2) is 12.2 Å². The predicted octanol–water partition coefficient (Wildman–Crippen LogP) is 1.99. The van der Waals surface area contributed by atoms with E-state index in [1.165, 1.54) is 17.5 Å². The molecule has 0 radical (unpaired) electrons. The third-order valence-corrected chi connectivity index (χ3v) is 4.96. The molecular weight excluding hydrogens is 282 g/mol. The summed E-state index contributed by atoms with van der Waals surface area (Å²) >= 11 is 2.08. The number of hydrogen-bond donors (Lipinski definition) is 3. The van der Waals surface area contributed by atoms with Crippen molar-refractivity contribution in [2.45, 2.75) is 25.7 Å². The van der Waals surface area contributed by atoms with Gasteiger partial charge >= 0.3 is 11.9 Å². The van der Waals surface area contributed by atoms with Crippen molar-refractivity contribution in [3.05, 3.63) is 12.2 Å². The second-order valence-corrected chi connectivity index (χ2v) is 11.9. The molecule has 5 nitrogen and oxygen atoms in total. The molecule has 0 amide bonds. The largest absolute Gasteiger partial charge is 0.478 e. The molecule has 0 fully saturated rings. The van der Waals surface area contributed by atoms with Gasteiger partial charge in [-0.25, -0.2) is 9.59 Å². The minimum absolute atomic E-state index is 0.558. The summed E-state index contributed by atoms with van der Waals surface area (Å²) in [6, 6.07) is 1.46. The first kappa shape index (κ1) is 20.5. The zero-order chi connectivity index (χ0) is 15.3. The summed E-state index contributed by atoms with van der Waals surface area (Å²) in [5, 5.41) is 18.8. The number of aliphatic carboxylic acids is 2. The molecule has 7 heteroatoms. The molecule has 0 atom stereocenters. The normalized spacial score (nSPS) is 10.9. The van der Waals surface area contributed by atoms with Crippen molar-refractivity contribution in [3.8, 4) is 0 Å². The lowest BCUT2D eigenvalue weighted by Crippen LogP contribution is -2.20. The number of thioether (sulfide) groups is 1. The average molecular weight is 307 g/mol. The van der Waals surface area contributed by atoms with Gasteiger partial charge in [-0.15, -0.1) is 0 Å². The highest BCUT2D eigenvalue weighted by Gasteiger charge is 2.11. The summed E-state index contributed by atoms with van der Waals surface area (Å²) < 4.78 is 0. The number of rotatable bonds is 8. The standard InChI is InChI=1S/C8H21NSSi.C4H4O4/c1-9-5-6-10-7-8-11(2,3)4;5-3(6)1-2-4(7)8/h9H,5-8H2,1-4H3;1-2H,(H,5,6)(H,7,8). The maximum atomic E-state index is 9.55. The molecule has 0 aromatic heterocycles. The van der Waals surface area contributed by atoms with Crippen LogP contribution in [0.3, 0.4) is 0 Å². The Bertz CT molecular complexity index is 274. The van der Waals surface area contributed by atoms with Gasteiger partial charge in [-0.2, -0.15) is 11.8 Å². The fourth-order valence-electron chi connectivity index (χ4n) is 0.797. The minimum atomic E-state index is -1.26. The van der Waals surface area contributed by atoms with Crippen molar-refractivity contribution in [1.29, 1.82) is 0 Å². The molecule has 0 rings (SSSR count). The molecule has 112 valence electrons. The van der Waals surface area contributed by atoms with Gasteiger partial charge in [0.05, 0.1) is 0 Å². The Morgan fingerprint density at radius 2 is 1.58 bits per heavy atom. The van der Waals surface area contributed by atoms with Crippen LogP contribution in [0.25, 0.3) is 0 Å². The molecule has 0 aliphatic rings. The fourth-order valence-corrected chi connectivity index (χ4v) is 4.38. The zero-order valence-electron chi connectivity index (χ0n) is 12.1. The van der Waals surface area contributed by atoms with Crippen LogP contribution in [0.5, 0.6) is 0 Å². The summed E-state index contributed by atoms with van der Waals surface area (Å²) in [4.78, 5) is 19.1. The van der Waals surface area contributed by atoms with Crippen LogP contribution < -0.4 is 5.32 Å². The molecule has 0 aliphatic heterocycles. The van der Waals surface area contributed by atoms with E-state index in [1.54, 1.807) is 0 Å². The van der Waals surface area contributed by atoms with Gasteiger partial charge in [-0.1, -0.05) is 19.6 Å². The van der Waals surface area contributed by atoms with Crippen LogP contribution in [0.1, 0.15) is 0 Å². The van der Waals surface area contributed by atoms with Gasteiger partial charge in [0.1, 0.15) is 0 Å². The minimum Gasteiger partial charge on any atom is -0.478 e. The Balaban J connectivity index is 0. The predicted molar refractivity (Wildman–Crippen MR) is 83.8 cm³/mol. The smallest absolute Gasteiger partial charge is 0.328 e. The van der Waals surface area contributed by atoms with E-state index in [0.29, 0.717) is 12.2 Å². The van der Waals surface area contributed by atoms with E-state index in [0.717, 1.165) is 6.54 Å². The Morgan fingerprint density at radius 3 is 1.89 bits per heavy atom. The summed E-state index contributed by atoms with van der Waals surface area (Å²) in [5.74, 6) is 0.109. The van der Waals surface area contributed by atoms with Crippen molar-refractivity contribution < 1.29 is 19.8 Å². The number of carbonyl (C=O) groups is 2. The van der Waals surface area contributed by atoms with Crippen LogP contribution in [0.4, 0.5) is 0 Å². The first-order chi connectivity index (χ1) is 8.69. The molecule has 0 heterocycles. The van der Waals surface area contributed by atoms with E-state index in [1.807, 2.05) is 7.05 Å². The van der Waals surface area contributed by atoms with Gasteiger partial charge in [0.25, 0.3) is 0 Å². The Hall–Kier alpha value is -0.793. The first-order valence-corrected chi connectivity index (χ1v) is 10.9. The molecule has 0 aliphatic carbocycles. The SMILES string of the molecule is CNCCSCC[Si](C)(C)C.O=C(O)C=CC(=O)O. The molecule has 0 bridgehead atoms. The van der Waals surface area contributed by atoms with E-state index in [-0.39, 0.29) is 0 Å². The van der Waals surface area contributed by atoms with Crippen LogP contribution in [0, 0.1) is 0 Å². The molecule has 0 aromatic carbocycles. The third-order valence-electron chi connectivity index (χ3n) is 1.86. The quantitative estimate of drug-likeness (QED) is 0.361. The highest BCUT2D eigenvalue weighted by atomic mass is 32.2. The second-order valence-electron chi connectivity index (χ2n) is 5.04. The van der Waals surface area contributed by atoms with Gasteiger partial charge in [-0.05, 0) is 18.8 Å². The molecule has 0 aromatic rings. The number of hydrogen-bond acceptors (Lipinski definition) is 4. The van der Waals surface area contributed by atoms with Gasteiger partial charge in [0.2, 0.25) is 0 Å². The van der Waals surface area contributed by atoms with Crippen LogP contribution in [-0.2, 0) is 9.59 Å². The van der Waals surface area contributed by atoms with Gasteiger partial charge in [0, 0.05) is 32.5 Å². The summed E-state index contributed by atoms with van der Waals surface area (Å²) in [6.45, 7) is 8.46. The molecule has 0 unspecified atom stereocenters. The van der Waals surface area contributed by atoms with Gasteiger partial charge in [0.15, 0.2) is 0 Å². The van der Waals surface area contributed by atoms with E-state index in [2.05, 4.69) is 36.7 Å². The lowest BCUT2D eigenvalue weighted by Gasteiger charge is -2.14. The Morgan fingerprint density at radius 1 is 1.11 bits per heavy atom. The van der Waals surface area contributed by atoms with Crippen LogP contribution in [-0.4, -0.2) is 55.3 Å². The zero-order valence-corrected chi connectivity index (χ0v) is 13.9. The van der Waals surface area contributed by atoms with Crippen molar-refractivity contribution >= 4 is 31.8 Å². The second kappa shape index (κ2) is 12.3. The van der Waals surface area contributed by atoms with Gasteiger partial charge in [-0.3, -0.25) is 0 Å². The number of nitrogens with one attached hydrogen (secondary N) is 1. The average Bonchev–Trinajstić information content (AvgIpc) is 2.25. The van der Waals surface area contributed by atoms with Crippen molar-refractivity contribution in [3.63, 3.8) is 0 Å². The molecular formula is C12H25NO4SSi. The summed E-state index contributed by atoms with van der Waals surface area (Å²) in [6.07, 6.45) is 1.12. The van der Waals surface area contributed by atoms with E-state index in [9.17, 15) is 9.59 Å². The highest BCUT2D eigenvalue weighted by molar-refractivity contribution is 7.99. The highest BCUT2D eigenvalue weighted by Crippen LogP contribution is 2.12. The fraction of sp³-hybridized carbons (Fsp3) is 0.667. The van der Waals surface area contributed by atoms with Gasteiger partial charge < -0.3 is 15.5 Å². The lowest BCUT2D eigenvalue weighted by molar-refractivity contribution is -0.134. The monoisotopic (exact) mass is 307 g/mol. The van der Waals surface area contributed by atoms with Crippen molar-refractivity contribution in [2.75, 3.05) is 25.1 Å². The van der Waals surface area contributed by atoms with E-state index < -0.39 is 20.0 Å². The van der Waals surface area contributed by atoms with E-state index >= 15 is 0 Å². The Labute approximate surface area is 120 Å². The van der Waals surface area contributed by atoms with Crippen LogP contribution >= 0.6 is 11.8 Å². The number of carboxylic acids is 2. The summed E-state index contributed by atoms with van der Waals surface area (Å²) in [7, 11) is 1.25. The number of carboxylic acid groups (broad SMARTS) is 2. The molecule has 0 saturated heterocycles. The molecule has 0 saturated carbocycles. The van der Waals surface area contributed by atoms with E-state index in [4.69, 9.17) is 10.2 Å². The maximum absolute atomic E-state index is 9.55.